The molecule has 3 heterocycles. The van der Waals surface area contributed by atoms with Gasteiger partial charge in [-0.05, 0) is 38.3 Å². The lowest BCUT2D eigenvalue weighted by Gasteiger charge is -2.42. The van der Waals surface area contributed by atoms with Crippen molar-refractivity contribution in [1.82, 2.24) is 25.3 Å². The van der Waals surface area contributed by atoms with E-state index in [0.717, 1.165) is 38.8 Å². The molecule has 2 N–H and O–H groups in total. The number of amides is 2. The molecule has 1 aromatic heterocycles. The van der Waals surface area contributed by atoms with E-state index in [9.17, 15) is 14.4 Å². The van der Waals surface area contributed by atoms with Gasteiger partial charge in [-0.1, -0.05) is 0 Å². The Bertz CT molecular complexity index is 709. The minimum absolute atomic E-state index is 0.0237. The molecule has 9 nitrogen and oxygen atoms in total. The summed E-state index contributed by atoms with van der Waals surface area (Å²) in [7, 11) is 1.62. The zero-order chi connectivity index (χ0) is 19.9. The average molecular weight is 391 g/mol. The van der Waals surface area contributed by atoms with Gasteiger partial charge >= 0.3 is 0 Å². The number of likely N-dealkylation sites (tertiary alicyclic amines) is 2. The molecule has 2 aliphatic heterocycles. The first-order chi connectivity index (χ1) is 13.6. The Hall–Kier alpha value is -2.26. The Morgan fingerprint density at radius 2 is 2.04 bits per heavy atom. The summed E-state index contributed by atoms with van der Waals surface area (Å²) < 4.78 is 4.98. The number of piperidine rings is 2. The van der Waals surface area contributed by atoms with Crippen LogP contribution in [0.2, 0.25) is 0 Å². The summed E-state index contributed by atoms with van der Waals surface area (Å²) in [5.74, 6) is -0.0159. The second-order valence-electron chi connectivity index (χ2n) is 7.45. The molecule has 0 aliphatic carbocycles. The molecule has 1 aromatic rings. The Morgan fingerprint density at radius 3 is 2.71 bits per heavy atom. The standard InChI is InChI=1S/C19H29N5O4/c1-28-12-8-20-18(26)14-3-2-9-24(13-14)15-6-10-23(11-7-15)19(27)16-4-5-17(25)22-21-16/h4-5,14-15H,2-3,6-13H2,1H3,(H,20,26)(H,22,25)/t14-/m1/s1. The number of aromatic nitrogens is 2. The molecule has 3 rings (SSSR count). The molecular weight excluding hydrogens is 362 g/mol. The lowest BCUT2D eigenvalue weighted by atomic mass is 9.93. The third-order valence-corrected chi connectivity index (χ3v) is 5.60. The molecular formula is C19H29N5O4. The number of hydrogen-bond acceptors (Lipinski definition) is 6. The van der Waals surface area contributed by atoms with E-state index in [1.165, 1.54) is 12.1 Å². The Labute approximate surface area is 164 Å². The van der Waals surface area contributed by atoms with E-state index in [1.807, 2.05) is 0 Å². The van der Waals surface area contributed by atoms with Crippen LogP contribution in [-0.4, -0.2) is 84.3 Å². The Balaban J connectivity index is 1.48. The molecule has 0 spiro atoms. The fourth-order valence-corrected chi connectivity index (χ4v) is 4.03. The van der Waals surface area contributed by atoms with Gasteiger partial charge in [-0.25, -0.2) is 5.10 Å². The van der Waals surface area contributed by atoms with Gasteiger partial charge in [0.2, 0.25) is 5.91 Å². The molecule has 2 fully saturated rings. The van der Waals surface area contributed by atoms with E-state index in [0.29, 0.717) is 32.3 Å². The molecule has 2 aliphatic rings. The maximum absolute atomic E-state index is 12.5. The van der Waals surface area contributed by atoms with Crippen LogP contribution in [0.5, 0.6) is 0 Å². The molecule has 1 atom stereocenters. The molecule has 0 saturated carbocycles. The minimum atomic E-state index is -0.318. The van der Waals surface area contributed by atoms with E-state index in [1.54, 1.807) is 12.0 Å². The number of aromatic amines is 1. The van der Waals surface area contributed by atoms with Crippen molar-refractivity contribution in [2.75, 3.05) is 46.4 Å². The topological polar surface area (TPSA) is 108 Å². The Morgan fingerprint density at radius 1 is 1.25 bits per heavy atom. The van der Waals surface area contributed by atoms with Crippen molar-refractivity contribution in [3.63, 3.8) is 0 Å². The quantitative estimate of drug-likeness (QED) is 0.653. The van der Waals surface area contributed by atoms with Crippen LogP contribution in [-0.2, 0) is 9.53 Å². The normalized spacial score (nSPS) is 21.5. The summed E-state index contributed by atoms with van der Waals surface area (Å²) in [6.45, 7) is 4.17. The average Bonchev–Trinajstić information content (AvgIpc) is 2.74. The van der Waals surface area contributed by atoms with Crippen molar-refractivity contribution >= 4 is 11.8 Å². The third-order valence-electron chi connectivity index (χ3n) is 5.60. The Kier molecular flexibility index (Phi) is 7.16. The van der Waals surface area contributed by atoms with Crippen LogP contribution in [0.15, 0.2) is 16.9 Å². The van der Waals surface area contributed by atoms with Crippen molar-refractivity contribution in [3.8, 4) is 0 Å². The lowest BCUT2D eigenvalue weighted by molar-refractivity contribution is -0.127. The number of carbonyl (C=O) groups is 2. The smallest absolute Gasteiger partial charge is 0.274 e. The minimum Gasteiger partial charge on any atom is -0.383 e. The number of H-pyrrole nitrogens is 1. The predicted molar refractivity (Wildman–Crippen MR) is 103 cm³/mol. The summed E-state index contributed by atoms with van der Waals surface area (Å²) in [5.41, 5.74) is -0.0509. The van der Waals surface area contributed by atoms with Gasteiger partial charge < -0.3 is 15.0 Å². The summed E-state index contributed by atoms with van der Waals surface area (Å²) in [6, 6.07) is 3.17. The van der Waals surface area contributed by atoms with Crippen LogP contribution in [0.1, 0.15) is 36.2 Å². The highest BCUT2D eigenvalue weighted by Crippen LogP contribution is 2.24. The predicted octanol–water partition coefficient (Wildman–Crippen LogP) is -0.151. The van der Waals surface area contributed by atoms with Crippen molar-refractivity contribution in [1.29, 1.82) is 0 Å². The van der Waals surface area contributed by atoms with Gasteiger partial charge in [0.25, 0.3) is 11.5 Å². The number of carbonyl (C=O) groups excluding carboxylic acids is 2. The van der Waals surface area contributed by atoms with Gasteiger partial charge in [-0.15, -0.1) is 0 Å². The van der Waals surface area contributed by atoms with E-state index >= 15 is 0 Å². The number of hydrogen-bond donors (Lipinski definition) is 2. The SMILES string of the molecule is COCCNC(=O)[C@@H]1CCCN(C2CCN(C(=O)c3ccc(=O)[nH]n3)CC2)C1. The zero-order valence-electron chi connectivity index (χ0n) is 16.4. The third kappa shape index (κ3) is 5.17. The highest BCUT2D eigenvalue weighted by Gasteiger charge is 2.32. The molecule has 0 unspecified atom stereocenters. The summed E-state index contributed by atoms with van der Waals surface area (Å²) in [5, 5.41) is 9.08. The number of nitrogens with zero attached hydrogens (tertiary/aromatic N) is 3. The van der Waals surface area contributed by atoms with Gasteiger partial charge in [0.05, 0.1) is 12.5 Å². The van der Waals surface area contributed by atoms with Crippen LogP contribution in [0.3, 0.4) is 0 Å². The van der Waals surface area contributed by atoms with E-state index in [2.05, 4.69) is 20.4 Å². The molecule has 9 heteroatoms. The highest BCUT2D eigenvalue weighted by molar-refractivity contribution is 5.92. The van der Waals surface area contributed by atoms with Gasteiger partial charge in [0.15, 0.2) is 0 Å². The maximum Gasteiger partial charge on any atom is 0.274 e. The zero-order valence-corrected chi connectivity index (χ0v) is 16.4. The highest BCUT2D eigenvalue weighted by atomic mass is 16.5. The van der Waals surface area contributed by atoms with Gasteiger partial charge in [-0.2, -0.15) is 5.10 Å². The fourth-order valence-electron chi connectivity index (χ4n) is 4.03. The molecule has 28 heavy (non-hydrogen) atoms. The summed E-state index contributed by atoms with van der Waals surface area (Å²) >= 11 is 0. The van der Waals surface area contributed by atoms with Crippen molar-refractivity contribution in [3.05, 3.63) is 28.2 Å². The lowest BCUT2D eigenvalue weighted by Crippen LogP contribution is -2.51. The molecule has 0 radical (unpaired) electrons. The second kappa shape index (κ2) is 9.79. The molecule has 154 valence electrons. The number of methoxy groups -OCH3 is 1. The second-order valence-corrected chi connectivity index (χ2v) is 7.45. The fraction of sp³-hybridized carbons (Fsp3) is 0.684. The van der Waals surface area contributed by atoms with Crippen molar-refractivity contribution in [2.24, 2.45) is 5.92 Å². The van der Waals surface area contributed by atoms with Crippen LogP contribution >= 0.6 is 0 Å². The van der Waals surface area contributed by atoms with Crippen LogP contribution < -0.4 is 10.9 Å². The summed E-state index contributed by atoms with van der Waals surface area (Å²) in [4.78, 5) is 40.2. The largest absolute Gasteiger partial charge is 0.383 e. The molecule has 2 saturated heterocycles. The van der Waals surface area contributed by atoms with E-state index < -0.39 is 0 Å². The first kappa shape index (κ1) is 20.5. The van der Waals surface area contributed by atoms with Gasteiger partial charge in [0.1, 0.15) is 5.69 Å². The molecule has 0 aromatic carbocycles. The van der Waals surface area contributed by atoms with Crippen molar-refractivity contribution < 1.29 is 14.3 Å². The van der Waals surface area contributed by atoms with Crippen LogP contribution in [0.4, 0.5) is 0 Å². The van der Waals surface area contributed by atoms with E-state index in [-0.39, 0.29) is 29.0 Å². The van der Waals surface area contributed by atoms with Crippen molar-refractivity contribution in [2.45, 2.75) is 31.7 Å². The first-order valence-corrected chi connectivity index (χ1v) is 9.94. The molecule has 2 amide bonds. The van der Waals surface area contributed by atoms with E-state index in [4.69, 9.17) is 4.74 Å². The number of ether oxygens (including phenoxy) is 1. The summed E-state index contributed by atoms with van der Waals surface area (Å²) in [6.07, 6.45) is 3.70. The first-order valence-electron chi connectivity index (χ1n) is 9.94. The number of nitrogens with one attached hydrogen (secondary N) is 2. The van der Waals surface area contributed by atoms with Crippen LogP contribution in [0.25, 0.3) is 0 Å². The molecule has 0 bridgehead atoms. The maximum atomic E-state index is 12.5. The van der Waals surface area contributed by atoms with Gasteiger partial charge in [-0.3, -0.25) is 19.3 Å². The van der Waals surface area contributed by atoms with Crippen LogP contribution in [0, 0.1) is 5.92 Å². The number of rotatable bonds is 6. The monoisotopic (exact) mass is 391 g/mol. The van der Waals surface area contributed by atoms with Gasteiger partial charge in [0, 0.05) is 45.4 Å².